The first-order valence-corrected chi connectivity index (χ1v) is 5.56. The maximum Gasteiger partial charge on any atom is 0.210 e. The van der Waals surface area contributed by atoms with Crippen LogP contribution < -0.4 is 0 Å². The molecule has 1 aliphatic carbocycles. The number of aliphatic hydroxyl groups is 2. The minimum Gasteiger partial charge on any atom is -0.493 e. The first-order chi connectivity index (χ1) is 7.45. The molecule has 0 aromatic heterocycles. The Morgan fingerprint density at radius 2 is 2.19 bits per heavy atom. The topological polar surface area (TPSA) is 65.2 Å². The lowest BCUT2D eigenvalue weighted by Crippen LogP contribution is -2.07. The molecule has 4 heteroatoms. The highest BCUT2D eigenvalue weighted by Gasteiger charge is 2.36. The highest BCUT2D eigenvalue weighted by Crippen LogP contribution is 2.49. The maximum absolute atomic E-state index is 9.64. The van der Waals surface area contributed by atoms with Crippen LogP contribution in [0.5, 0.6) is 0 Å². The largest absolute Gasteiger partial charge is 0.493 e. The molecule has 16 heavy (non-hydrogen) atoms. The molecule has 2 N–H and O–H groups in total. The lowest BCUT2D eigenvalue weighted by molar-refractivity contribution is 0.193. The van der Waals surface area contributed by atoms with Crippen LogP contribution in [0.25, 0.3) is 0 Å². The van der Waals surface area contributed by atoms with Gasteiger partial charge in [0.25, 0.3) is 0 Å². The van der Waals surface area contributed by atoms with Gasteiger partial charge in [-0.15, -0.1) is 0 Å². The SMILES string of the molecule is C=N/C(C)=N\C(O)=C\C(O)CCC1(C)CC1. The fraction of sp³-hybridized carbons (Fsp3) is 0.667. The lowest BCUT2D eigenvalue weighted by atomic mass is 10.0. The van der Waals surface area contributed by atoms with Gasteiger partial charge in [-0.2, -0.15) is 4.99 Å². The number of rotatable bonds is 5. The van der Waals surface area contributed by atoms with E-state index < -0.39 is 6.10 Å². The van der Waals surface area contributed by atoms with Gasteiger partial charge >= 0.3 is 0 Å². The molecule has 1 aliphatic rings. The molecule has 0 aliphatic heterocycles. The van der Waals surface area contributed by atoms with Crippen molar-refractivity contribution < 1.29 is 10.2 Å². The molecular weight excluding hydrogens is 204 g/mol. The van der Waals surface area contributed by atoms with Crippen LogP contribution in [-0.4, -0.2) is 28.9 Å². The minimum atomic E-state index is -0.640. The Hall–Kier alpha value is -1.16. The van der Waals surface area contributed by atoms with E-state index in [0.717, 1.165) is 6.42 Å². The van der Waals surface area contributed by atoms with Gasteiger partial charge in [0.15, 0.2) is 0 Å². The molecule has 0 aromatic rings. The van der Waals surface area contributed by atoms with Crippen molar-refractivity contribution in [2.75, 3.05) is 0 Å². The van der Waals surface area contributed by atoms with Crippen LogP contribution in [-0.2, 0) is 0 Å². The van der Waals surface area contributed by atoms with Crippen LogP contribution in [0.1, 0.15) is 39.5 Å². The average Bonchev–Trinajstić information content (AvgIpc) is 2.94. The van der Waals surface area contributed by atoms with Crippen LogP contribution in [0, 0.1) is 5.41 Å². The van der Waals surface area contributed by atoms with Gasteiger partial charge in [0.1, 0.15) is 5.84 Å². The van der Waals surface area contributed by atoms with Gasteiger partial charge in [-0.05, 0) is 44.7 Å². The summed E-state index contributed by atoms with van der Waals surface area (Å²) in [5.74, 6) is 0.188. The third kappa shape index (κ3) is 4.57. The van der Waals surface area contributed by atoms with Gasteiger partial charge in [0.2, 0.25) is 5.88 Å². The first-order valence-electron chi connectivity index (χ1n) is 5.56. The van der Waals surface area contributed by atoms with E-state index >= 15 is 0 Å². The quantitative estimate of drug-likeness (QED) is 0.428. The normalized spacial score (nSPS) is 21.7. The second-order valence-electron chi connectivity index (χ2n) is 4.76. The van der Waals surface area contributed by atoms with Crippen molar-refractivity contribution in [3.8, 4) is 0 Å². The van der Waals surface area contributed by atoms with Crippen molar-refractivity contribution in [3.05, 3.63) is 12.0 Å². The summed E-state index contributed by atoms with van der Waals surface area (Å²) in [6.45, 7) is 7.14. The standard InChI is InChI=1S/C12H20N2O2/c1-9(13-3)14-11(16)8-10(15)4-5-12(2)6-7-12/h8,10,15-16H,3-7H2,1-2H3/b11-8-,14-9-. The van der Waals surface area contributed by atoms with Crippen molar-refractivity contribution in [1.82, 2.24) is 0 Å². The van der Waals surface area contributed by atoms with Crippen LogP contribution >= 0.6 is 0 Å². The van der Waals surface area contributed by atoms with Gasteiger partial charge < -0.3 is 10.2 Å². The molecule has 0 bridgehead atoms. The zero-order valence-corrected chi connectivity index (χ0v) is 9.98. The molecule has 0 saturated heterocycles. The molecule has 1 saturated carbocycles. The second kappa shape index (κ2) is 5.25. The van der Waals surface area contributed by atoms with Crippen LogP contribution in [0.4, 0.5) is 0 Å². The summed E-state index contributed by atoms with van der Waals surface area (Å²) < 4.78 is 0. The number of aliphatic imine (C=N–C) groups is 2. The molecule has 0 aromatic carbocycles. The Morgan fingerprint density at radius 1 is 1.56 bits per heavy atom. The smallest absolute Gasteiger partial charge is 0.210 e. The molecule has 0 radical (unpaired) electrons. The van der Waals surface area contributed by atoms with E-state index in [2.05, 4.69) is 23.6 Å². The molecular formula is C12H20N2O2. The van der Waals surface area contributed by atoms with Crippen LogP contribution in [0.15, 0.2) is 21.9 Å². The Labute approximate surface area is 96.4 Å². The minimum absolute atomic E-state index is 0.196. The van der Waals surface area contributed by atoms with E-state index in [1.165, 1.54) is 18.9 Å². The summed E-state index contributed by atoms with van der Waals surface area (Å²) in [6, 6.07) is 0. The molecule has 1 fully saturated rings. The highest BCUT2D eigenvalue weighted by atomic mass is 16.3. The highest BCUT2D eigenvalue weighted by molar-refractivity contribution is 5.84. The van der Waals surface area contributed by atoms with Crippen LogP contribution in [0.3, 0.4) is 0 Å². The molecule has 90 valence electrons. The number of nitrogens with zero attached hydrogens (tertiary/aromatic N) is 2. The zero-order chi connectivity index (χ0) is 12.2. The molecule has 1 rings (SSSR count). The molecule has 0 heterocycles. The van der Waals surface area contributed by atoms with E-state index in [0.29, 0.717) is 17.7 Å². The summed E-state index contributed by atoms with van der Waals surface area (Å²) in [6.07, 6.45) is 4.84. The van der Waals surface area contributed by atoms with Gasteiger partial charge in [-0.1, -0.05) is 6.92 Å². The summed E-state index contributed by atoms with van der Waals surface area (Å²) in [5.41, 5.74) is 0.423. The average molecular weight is 224 g/mol. The Kier molecular flexibility index (Phi) is 4.24. The molecule has 1 unspecified atom stereocenters. The van der Waals surface area contributed by atoms with E-state index in [1.54, 1.807) is 6.92 Å². The van der Waals surface area contributed by atoms with Crippen molar-refractivity contribution in [2.24, 2.45) is 15.4 Å². The van der Waals surface area contributed by atoms with E-state index in [9.17, 15) is 10.2 Å². The predicted molar refractivity (Wildman–Crippen MR) is 66.0 cm³/mol. The zero-order valence-electron chi connectivity index (χ0n) is 9.98. The van der Waals surface area contributed by atoms with E-state index in [1.807, 2.05) is 0 Å². The predicted octanol–water partition coefficient (Wildman–Crippen LogP) is 2.45. The van der Waals surface area contributed by atoms with Gasteiger partial charge in [0.05, 0.1) is 6.10 Å². The monoisotopic (exact) mass is 224 g/mol. The van der Waals surface area contributed by atoms with Crippen molar-refractivity contribution >= 4 is 12.6 Å². The molecule has 0 amide bonds. The summed E-state index contributed by atoms with van der Waals surface area (Å²) >= 11 is 0. The Morgan fingerprint density at radius 3 is 2.69 bits per heavy atom. The number of aliphatic hydroxyl groups excluding tert-OH is 2. The van der Waals surface area contributed by atoms with Crippen molar-refractivity contribution in [1.29, 1.82) is 0 Å². The number of amidine groups is 1. The number of hydrogen-bond donors (Lipinski definition) is 2. The number of hydrogen-bond acceptors (Lipinski definition) is 3. The molecule has 4 nitrogen and oxygen atoms in total. The molecule has 0 spiro atoms. The van der Waals surface area contributed by atoms with E-state index in [-0.39, 0.29) is 5.88 Å². The fourth-order valence-corrected chi connectivity index (χ4v) is 1.45. The fourth-order valence-electron chi connectivity index (χ4n) is 1.45. The van der Waals surface area contributed by atoms with Gasteiger partial charge in [0, 0.05) is 6.08 Å². The third-order valence-corrected chi connectivity index (χ3v) is 2.99. The van der Waals surface area contributed by atoms with Gasteiger partial charge in [-0.25, -0.2) is 4.99 Å². The van der Waals surface area contributed by atoms with E-state index in [4.69, 9.17) is 0 Å². The second-order valence-corrected chi connectivity index (χ2v) is 4.76. The summed E-state index contributed by atoms with van der Waals surface area (Å²) in [4.78, 5) is 7.29. The molecule has 1 atom stereocenters. The van der Waals surface area contributed by atoms with Crippen LogP contribution in [0.2, 0.25) is 0 Å². The summed E-state index contributed by atoms with van der Waals surface area (Å²) in [5, 5.41) is 19.0. The Balaban J connectivity index is 2.38. The van der Waals surface area contributed by atoms with Crippen molar-refractivity contribution in [3.63, 3.8) is 0 Å². The van der Waals surface area contributed by atoms with Crippen molar-refractivity contribution in [2.45, 2.75) is 45.6 Å². The Bertz CT molecular complexity index is 317. The third-order valence-electron chi connectivity index (χ3n) is 2.99. The maximum atomic E-state index is 9.64. The summed E-state index contributed by atoms with van der Waals surface area (Å²) in [7, 11) is 0. The lowest BCUT2D eigenvalue weighted by Gasteiger charge is -2.10. The first kappa shape index (κ1) is 12.9. The van der Waals surface area contributed by atoms with Gasteiger partial charge in [-0.3, -0.25) is 0 Å².